The van der Waals surface area contributed by atoms with Crippen molar-refractivity contribution in [2.24, 2.45) is 0 Å². The van der Waals surface area contributed by atoms with Crippen LogP contribution in [0.5, 0.6) is 0 Å². The normalized spacial score (nSPS) is 10.3. The second-order valence-corrected chi connectivity index (χ2v) is 5.08. The third-order valence-electron chi connectivity index (χ3n) is 2.75. The van der Waals surface area contributed by atoms with Gasteiger partial charge in [-0.1, -0.05) is 80.4 Å². The molecule has 0 aliphatic carbocycles. The van der Waals surface area contributed by atoms with Gasteiger partial charge in [0.2, 0.25) is 0 Å². The van der Waals surface area contributed by atoms with Gasteiger partial charge in [0.1, 0.15) is 0 Å². The van der Waals surface area contributed by atoms with Crippen LogP contribution in [-0.4, -0.2) is 5.78 Å². The molecule has 0 N–H and O–H groups in total. The van der Waals surface area contributed by atoms with Crippen molar-refractivity contribution in [2.45, 2.75) is 10.7 Å². The van der Waals surface area contributed by atoms with E-state index in [1.165, 1.54) is 5.56 Å². The molecule has 0 amide bonds. The van der Waals surface area contributed by atoms with E-state index in [2.05, 4.69) is 37.9 Å². The van der Waals surface area contributed by atoms with Crippen molar-refractivity contribution >= 4 is 37.6 Å². The Morgan fingerprint density at radius 3 is 2.28 bits per heavy atom. The van der Waals surface area contributed by atoms with E-state index < -0.39 is 0 Å². The fourth-order valence-electron chi connectivity index (χ4n) is 1.81. The molecular formula is C15H12Br2O. The molecule has 0 saturated carbocycles. The average molecular weight is 368 g/mol. The second kappa shape index (κ2) is 6.30. The van der Waals surface area contributed by atoms with Crippen LogP contribution in [0.3, 0.4) is 0 Å². The zero-order valence-electron chi connectivity index (χ0n) is 9.70. The van der Waals surface area contributed by atoms with E-state index in [1.54, 1.807) is 0 Å². The number of carbonyl (C=O) groups is 1. The molecule has 0 aromatic heterocycles. The molecule has 92 valence electrons. The number of carbonyl (C=O) groups excluding carboxylic acids is 1. The van der Waals surface area contributed by atoms with Gasteiger partial charge in [0.05, 0.1) is 0 Å². The van der Waals surface area contributed by atoms with Crippen LogP contribution in [0.4, 0.5) is 0 Å². The maximum absolute atomic E-state index is 12.4. The Balaban J connectivity index is 2.42. The SMILES string of the molecule is O=C(c1ccccc1)c1ccc(CBr)cc1CBr. The van der Waals surface area contributed by atoms with Crippen molar-refractivity contribution in [2.75, 3.05) is 0 Å². The van der Waals surface area contributed by atoms with Crippen LogP contribution < -0.4 is 0 Å². The van der Waals surface area contributed by atoms with E-state index in [4.69, 9.17) is 0 Å². The van der Waals surface area contributed by atoms with Crippen LogP contribution in [0.2, 0.25) is 0 Å². The zero-order chi connectivity index (χ0) is 13.0. The quantitative estimate of drug-likeness (QED) is 0.565. The number of benzene rings is 2. The number of rotatable bonds is 4. The van der Waals surface area contributed by atoms with Gasteiger partial charge in [-0.3, -0.25) is 4.79 Å². The fraction of sp³-hybridized carbons (Fsp3) is 0.133. The Morgan fingerprint density at radius 2 is 1.67 bits per heavy atom. The first kappa shape index (κ1) is 13.5. The molecule has 0 heterocycles. The van der Waals surface area contributed by atoms with E-state index >= 15 is 0 Å². The van der Waals surface area contributed by atoms with Gasteiger partial charge in [-0.25, -0.2) is 0 Å². The van der Waals surface area contributed by atoms with Crippen LogP contribution in [0.25, 0.3) is 0 Å². The minimum absolute atomic E-state index is 0.0752. The Morgan fingerprint density at radius 1 is 0.944 bits per heavy atom. The molecule has 0 unspecified atom stereocenters. The van der Waals surface area contributed by atoms with Crippen molar-refractivity contribution in [3.8, 4) is 0 Å². The zero-order valence-corrected chi connectivity index (χ0v) is 12.9. The van der Waals surface area contributed by atoms with Crippen molar-refractivity contribution < 1.29 is 4.79 Å². The van der Waals surface area contributed by atoms with Crippen molar-refractivity contribution in [1.29, 1.82) is 0 Å². The minimum Gasteiger partial charge on any atom is -0.289 e. The lowest BCUT2D eigenvalue weighted by atomic mass is 9.98. The second-order valence-electron chi connectivity index (χ2n) is 3.95. The Hall–Kier alpha value is -0.930. The largest absolute Gasteiger partial charge is 0.289 e. The van der Waals surface area contributed by atoms with Gasteiger partial charge in [0, 0.05) is 21.8 Å². The van der Waals surface area contributed by atoms with E-state index in [0.29, 0.717) is 5.33 Å². The highest BCUT2D eigenvalue weighted by Crippen LogP contribution is 2.20. The van der Waals surface area contributed by atoms with E-state index in [9.17, 15) is 4.79 Å². The molecule has 2 rings (SSSR count). The smallest absolute Gasteiger partial charge is 0.193 e. The van der Waals surface area contributed by atoms with E-state index in [-0.39, 0.29) is 5.78 Å². The average Bonchev–Trinajstić information content (AvgIpc) is 2.46. The number of ketones is 1. The minimum atomic E-state index is 0.0752. The molecule has 2 aromatic carbocycles. The number of alkyl halides is 2. The standard InChI is InChI=1S/C15H12Br2O/c16-9-11-6-7-14(13(8-11)10-17)15(18)12-4-2-1-3-5-12/h1-8H,9-10H2. The molecule has 0 bridgehead atoms. The third kappa shape index (κ3) is 2.90. The summed E-state index contributed by atoms with van der Waals surface area (Å²) in [5, 5.41) is 1.48. The van der Waals surface area contributed by atoms with Crippen LogP contribution in [0.15, 0.2) is 48.5 Å². The summed E-state index contributed by atoms with van der Waals surface area (Å²) in [5.74, 6) is 0.0752. The van der Waals surface area contributed by atoms with Crippen LogP contribution in [0.1, 0.15) is 27.0 Å². The lowest BCUT2D eigenvalue weighted by Crippen LogP contribution is -2.05. The highest BCUT2D eigenvalue weighted by molar-refractivity contribution is 9.08. The van der Waals surface area contributed by atoms with Crippen molar-refractivity contribution in [1.82, 2.24) is 0 Å². The maximum Gasteiger partial charge on any atom is 0.193 e. The highest BCUT2D eigenvalue weighted by atomic mass is 79.9. The summed E-state index contributed by atoms with van der Waals surface area (Å²) in [7, 11) is 0. The first-order valence-corrected chi connectivity index (χ1v) is 7.84. The Labute approximate surface area is 123 Å². The summed E-state index contributed by atoms with van der Waals surface area (Å²) in [5.41, 5.74) is 3.70. The predicted octanol–water partition coefficient (Wildman–Crippen LogP) is 4.71. The van der Waals surface area contributed by atoms with E-state index in [0.717, 1.165) is 22.0 Å². The van der Waals surface area contributed by atoms with Gasteiger partial charge in [0.25, 0.3) is 0 Å². The molecule has 0 aliphatic rings. The molecule has 2 aromatic rings. The summed E-state index contributed by atoms with van der Waals surface area (Å²) in [6.45, 7) is 0. The summed E-state index contributed by atoms with van der Waals surface area (Å²) in [4.78, 5) is 12.4. The molecule has 0 radical (unpaired) electrons. The number of hydrogen-bond acceptors (Lipinski definition) is 1. The lowest BCUT2D eigenvalue weighted by Gasteiger charge is -2.08. The van der Waals surface area contributed by atoms with E-state index in [1.807, 2.05) is 42.5 Å². The first-order valence-electron chi connectivity index (χ1n) is 5.59. The molecule has 0 fully saturated rings. The molecule has 0 atom stereocenters. The summed E-state index contributed by atoms with van der Waals surface area (Å²) in [6.07, 6.45) is 0. The van der Waals surface area contributed by atoms with Gasteiger partial charge in [-0.15, -0.1) is 0 Å². The number of hydrogen-bond donors (Lipinski definition) is 0. The third-order valence-corrected chi connectivity index (χ3v) is 4.00. The molecule has 0 saturated heterocycles. The number of halogens is 2. The summed E-state index contributed by atoms with van der Waals surface area (Å²) in [6, 6.07) is 15.3. The van der Waals surface area contributed by atoms with Crippen LogP contribution in [-0.2, 0) is 10.7 Å². The topological polar surface area (TPSA) is 17.1 Å². The van der Waals surface area contributed by atoms with Crippen molar-refractivity contribution in [3.63, 3.8) is 0 Å². The van der Waals surface area contributed by atoms with Gasteiger partial charge in [-0.2, -0.15) is 0 Å². The van der Waals surface area contributed by atoms with Crippen LogP contribution in [0, 0.1) is 0 Å². The molecule has 1 nitrogen and oxygen atoms in total. The molecule has 18 heavy (non-hydrogen) atoms. The van der Waals surface area contributed by atoms with Gasteiger partial charge < -0.3 is 0 Å². The van der Waals surface area contributed by atoms with Gasteiger partial charge >= 0.3 is 0 Å². The highest BCUT2D eigenvalue weighted by Gasteiger charge is 2.13. The summed E-state index contributed by atoms with van der Waals surface area (Å²) >= 11 is 6.87. The maximum atomic E-state index is 12.4. The lowest BCUT2D eigenvalue weighted by molar-refractivity contribution is 0.103. The first-order chi connectivity index (χ1) is 8.76. The fourth-order valence-corrected chi connectivity index (χ4v) is 2.62. The van der Waals surface area contributed by atoms with Crippen molar-refractivity contribution in [3.05, 3.63) is 70.8 Å². The van der Waals surface area contributed by atoms with Crippen LogP contribution >= 0.6 is 31.9 Å². The molecular weight excluding hydrogens is 356 g/mol. The Bertz CT molecular complexity index is 550. The van der Waals surface area contributed by atoms with Gasteiger partial charge in [0.15, 0.2) is 5.78 Å². The molecule has 0 spiro atoms. The summed E-state index contributed by atoms with van der Waals surface area (Å²) < 4.78 is 0. The Kier molecular flexibility index (Phi) is 4.72. The molecule has 3 heteroatoms. The predicted molar refractivity (Wildman–Crippen MR) is 81.6 cm³/mol. The van der Waals surface area contributed by atoms with Gasteiger partial charge in [-0.05, 0) is 11.1 Å². The molecule has 0 aliphatic heterocycles. The monoisotopic (exact) mass is 366 g/mol.